The van der Waals surface area contributed by atoms with Crippen molar-refractivity contribution in [3.63, 3.8) is 0 Å². The van der Waals surface area contributed by atoms with Crippen molar-refractivity contribution in [1.82, 2.24) is 10.6 Å². The van der Waals surface area contributed by atoms with Gasteiger partial charge in [-0.15, -0.1) is 12.4 Å². The minimum Gasteiger partial charge on any atom is -0.491 e. The molecule has 2 rings (SSSR count). The number of hydrogen-bond acceptors (Lipinski definition) is 4. The molecule has 3 N–H and O–H groups in total. The lowest BCUT2D eigenvalue weighted by molar-refractivity contribution is -0.122. The molecule has 1 aliphatic heterocycles. The zero-order valence-corrected chi connectivity index (χ0v) is 14.6. The lowest BCUT2D eigenvalue weighted by Crippen LogP contribution is -2.34. The quantitative estimate of drug-likeness (QED) is 0.710. The number of carbonyl (C=O) groups excluding carboxylic acids is 1. The van der Waals surface area contributed by atoms with Crippen LogP contribution < -0.4 is 15.4 Å². The van der Waals surface area contributed by atoms with Crippen molar-refractivity contribution in [3.8, 4) is 5.75 Å². The maximum atomic E-state index is 11.8. The minimum absolute atomic E-state index is 0. The van der Waals surface area contributed by atoms with Crippen molar-refractivity contribution in [2.45, 2.75) is 51.4 Å². The van der Waals surface area contributed by atoms with E-state index >= 15 is 0 Å². The monoisotopic (exact) mass is 342 g/mol. The first-order chi connectivity index (χ1) is 10.5. The minimum atomic E-state index is -0.700. The number of amides is 1. The fourth-order valence-corrected chi connectivity index (χ4v) is 2.60. The Morgan fingerprint density at radius 1 is 1.39 bits per heavy atom. The van der Waals surface area contributed by atoms with Crippen molar-refractivity contribution in [1.29, 1.82) is 0 Å². The Bertz CT molecular complexity index is 473. The molecule has 1 amide bonds. The van der Waals surface area contributed by atoms with E-state index < -0.39 is 6.10 Å². The molecule has 0 aromatic heterocycles. The molecule has 1 aromatic rings. The van der Waals surface area contributed by atoms with Gasteiger partial charge in [-0.1, -0.05) is 12.1 Å². The first-order valence-corrected chi connectivity index (χ1v) is 7.99. The van der Waals surface area contributed by atoms with E-state index in [1.807, 2.05) is 38.1 Å². The van der Waals surface area contributed by atoms with Crippen molar-refractivity contribution in [2.75, 3.05) is 13.1 Å². The number of halogens is 1. The number of benzene rings is 1. The zero-order valence-electron chi connectivity index (χ0n) is 13.7. The van der Waals surface area contributed by atoms with Gasteiger partial charge in [0, 0.05) is 19.0 Å². The molecule has 2 unspecified atom stereocenters. The topological polar surface area (TPSA) is 70.6 Å². The fourth-order valence-electron chi connectivity index (χ4n) is 2.60. The number of rotatable bonds is 7. The van der Waals surface area contributed by atoms with Crippen LogP contribution >= 0.6 is 12.4 Å². The summed E-state index contributed by atoms with van der Waals surface area (Å²) in [5, 5.41) is 16.2. The molecule has 1 fully saturated rings. The molecule has 130 valence electrons. The summed E-state index contributed by atoms with van der Waals surface area (Å²) in [6, 6.07) is 7.61. The highest BCUT2D eigenvalue weighted by Crippen LogP contribution is 2.18. The smallest absolute Gasteiger partial charge is 0.221 e. The number of carbonyl (C=O) groups is 1. The van der Waals surface area contributed by atoms with E-state index in [2.05, 4.69) is 10.6 Å². The first-order valence-electron chi connectivity index (χ1n) is 7.99. The van der Waals surface area contributed by atoms with Gasteiger partial charge in [0.1, 0.15) is 5.75 Å². The SMILES string of the molecule is CC(C)Oc1ccc(C(O)CNC(=O)CC2CCCN2)cc1.Cl. The second-order valence-electron chi connectivity index (χ2n) is 6.05. The molecule has 1 aliphatic rings. The third-order valence-corrected chi connectivity index (χ3v) is 3.72. The van der Waals surface area contributed by atoms with Gasteiger partial charge in [-0.2, -0.15) is 0 Å². The van der Waals surface area contributed by atoms with Gasteiger partial charge in [0.15, 0.2) is 0 Å². The van der Waals surface area contributed by atoms with Crippen LogP contribution in [0.1, 0.15) is 44.8 Å². The molecule has 1 saturated heterocycles. The van der Waals surface area contributed by atoms with E-state index in [0.29, 0.717) is 6.42 Å². The summed E-state index contributed by atoms with van der Waals surface area (Å²) < 4.78 is 5.56. The van der Waals surface area contributed by atoms with Gasteiger partial charge in [-0.05, 0) is 50.9 Å². The van der Waals surface area contributed by atoms with Gasteiger partial charge in [-0.3, -0.25) is 4.79 Å². The largest absolute Gasteiger partial charge is 0.491 e. The third kappa shape index (κ3) is 6.77. The average Bonchev–Trinajstić information content (AvgIpc) is 2.98. The van der Waals surface area contributed by atoms with Crippen LogP contribution in [0.25, 0.3) is 0 Å². The molecule has 1 heterocycles. The number of hydrogen-bond donors (Lipinski definition) is 3. The summed E-state index contributed by atoms with van der Waals surface area (Å²) in [4.78, 5) is 11.8. The van der Waals surface area contributed by atoms with Crippen LogP contribution in [0.15, 0.2) is 24.3 Å². The number of nitrogens with one attached hydrogen (secondary N) is 2. The van der Waals surface area contributed by atoms with E-state index in [9.17, 15) is 9.90 Å². The molecule has 0 bridgehead atoms. The predicted octanol–water partition coefficient (Wildman–Crippen LogP) is 2.19. The summed E-state index contributed by atoms with van der Waals surface area (Å²) in [6.45, 7) is 5.16. The molecule has 0 saturated carbocycles. The number of ether oxygens (including phenoxy) is 1. The molecule has 0 aliphatic carbocycles. The Balaban J connectivity index is 0.00000264. The number of aliphatic hydroxyl groups is 1. The van der Waals surface area contributed by atoms with E-state index in [0.717, 1.165) is 30.7 Å². The highest BCUT2D eigenvalue weighted by atomic mass is 35.5. The normalized spacial score (nSPS) is 18.3. The molecule has 23 heavy (non-hydrogen) atoms. The second-order valence-corrected chi connectivity index (χ2v) is 6.05. The van der Waals surface area contributed by atoms with Crippen molar-refractivity contribution in [2.24, 2.45) is 0 Å². The van der Waals surface area contributed by atoms with Gasteiger partial charge in [0.25, 0.3) is 0 Å². The van der Waals surface area contributed by atoms with Crippen LogP contribution in [-0.4, -0.2) is 36.2 Å². The Morgan fingerprint density at radius 2 is 2.09 bits per heavy atom. The van der Waals surface area contributed by atoms with Gasteiger partial charge in [0.2, 0.25) is 5.91 Å². The summed E-state index contributed by atoms with van der Waals surface area (Å²) in [5.41, 5.74) is 0.774. The summed E-state index contributed by atoms with van der Waals surface area (Å²) >= 11 is 0. The Hall–Kier alpha value is -1.30. The Kier molecular flexibility index (Phi) is 8.37. The number of aliphatic hydroxyl groups excluding tert-OH is 1. The maximum absolute atomic E-state index is 11.8. The van der Waals surface area contributed by atoms with Gasteiger partial charge in [0.05, 0.1) is 12.2 Å². The third-order valence-electron chi connectivity index (χ3n) is 3.72. The van der Waals surface area contributed by atoms with Crippen molar-refractivity contribution >= 4 is 18.3 Å². The van der Waals surface area contributed by atoms with Crippen LogP contribution in [0.5, 0.6) is 5.75 Å². The molecule has 6 heteroatoms. The van der Waals surface area contributed by atoms with Crippen molar-refractivity contribution in [3.05, 3.63) is 29.8 Å². The van der Waals surface area contributed by atoms with E-state index in [1.165, 1.54) is 0 Å². The fraction of sp³-hybridized carbons (Fsp3) is 0.588. The van der Waals surface area contributed by atoms with Crippen LogP contribution in [0.2, 0.25) is 0 Å². The second kappa shape index (κ2) is 9.75. The summed E-state index contributed by atoms with van der Waals surface area (Å²) in [5.74, 6) is 0.764. The average molecular weight is 343 g/mol. The molecule has 0 radical (unpaired) electrons. The predicted molar refractivity (Wildman–Crippen MR) is 93.1 cm³/mol. The van der Waals surface area contributed by atoms with Crippen LogP contribution in [0.4, 0.5) is 0 Å². The zero-order chi connectivity index (χ0) is 15.9. The Morgan fingerprint density at radius 3 is 2.65 bits per heavy atom. The van der Waals surface area contributed by atoms with Gasteiger partial charge >= 0.3 is 0 Å². The Labute approximate surface area is 144 Å². The van der Waals surface area contributed by atoms with Gasteiger partial charge < -0.3 is 20.5 Å². The highest BCUT2D eigenvalue weighted by molar-refractivity contribution is 5.85. The van der Waals surface area contributed by atoms with Crippen LogP contribution in [0.3, 0.4) is 0 Å². The molecule has 5 nitrogen and oxygen atoms in total. The van der Waals surface area contributed by atoms with E-state index in [4.69, 9.17) is 4.74 Å². The standard InChI is InChI=1S/C17H26N2O3.ClH/c1-12(2)22-15-7-5-13(6-8-15)16(20)11-19-17(21)10-14-4-3-9-18-14;/h5-8,12,14,16,18,20H,3-4,9-11H2,1-2H3,(H,19,21);1H. The van der Waals surface area contributed by atoms with Crippen molar-refractivity contribution < 1.29 is 14.6 Å². The van der Waals surface area contributed by atoms with E-state index in [1.54, 1.807) is 0 Å². The molecule has 0 spiro atoms. The lowest BCUT2D eigenvalue weighted by atomic mass is 10.1. The molecule has 1 aromatic carbocycles. The van der Waals surface area contributed by atoms with Crippen LogP contribution in [-0.2, 0) is 4.79 Å². The van der Waals surface area contributed by atoms with E-state index in [-0.39, 0.29) is 37.0 Å². The summed E-state index contributed by atoms with van der Waals surface area (Å²) in [7, 11) is 0. The highest BCUT2D eigenvalue weighted by Gasteiger charge is 2.18. The van der Waals surface area contributed by atoms with Gasteiger partial charge in [-0.25, -0.2) is 0 Å². The summed E-state index contributed by atoms with van der Waals surface area (Å²) in [6.07, 6.45) is 2.08. The lowest BCUT2D eigenvalue weighted by Gasteiger charge is -2.15. The molecular weight excluding hydrogens is 316 g/mol. The first kappa shape index (κ1) is 19.7. The molecular formula is C17H27ClN2O3. The van der Waals surface area contributed by atoms with Crippen LogP contribution in [0, 0.1) is 0 Å². The maximum Gasteiger partial charge on any atom is 0.221 e. The molecule has 2 atom stereocenters.